The van der Waals surface area contributed by atoms with E-state index in [1.165, 1.54) is 21.6 Å². The number of para-hydroxylation sites is 1. The zero-order valence-corrected chi connectivity index (χ0v) is 26.4. The van der Waals surface area contributed by atoms with Crippen molar-refractivity contribution in [1.82, 2.24) is 10.2 Å². The first-order chi connectivity index (χ1) is 21.5. The number of hydrogen-bond acceptors (Lipinski definition) is 5. The molecule has 2 unspecified atom stereocenters. The number of nitrogens with one attached hydrogen (secondary N) is 1. The Kier molecular flexibility index (Phi) is 9.92. The normalized spacial score (nSPS) is 18.4. The molecule has 4 aromatic carbocycles. The molecule has 2 atom stereocenters. The summed E-state index contributed by atoms with van der Waals surface area (Å²) in [4.78, 5) is 16.7. The van der Waals surface area contributed by atoms with Crippen LogP contribution in [0, 0.1) is 5.92 Å². The van der Waals surface area contributed by atoms with Crippen LogP contribution in [0.5, 0.6) is 5.75 Å². The van der Waals surface area contributed by atoms with Crippen molar-refractivity contribution in [2.45, 2.75) is 47.9 Å². The highest BCUT2D eigenvalue weighted by molar-refractivity contribution is 7.98. The van der Waals surface area contributed by atoms with E-state index < -0.39 is 11.7 Å². The van der Waals surface area contributed by atoms with Gasteiger partial charge in [0.1, 0.15) is 5.75 Å². The highest BCUT2D eigenvalue weighted by Gasteiger charge is 2.35. The predicted octanol–water partition coefficient (Wildman–Crippen LogP) is 8.25. The number of likely N-dealkylation sites (tertiary alicyclic amines) is 1. The molecule has 0 spiro atoms. The number of aliphatic hydroxyl groups is 1. The Labute approximate surface area is 269 Å². The zero-order chi connectivity index (χ0) is 30.4. The lowest BCUT2D eigenvalue weighted by Gasteiger charge is -2.39. The first-order valence-electron chi connectivity index (χ1n) is 15.5. The second-order valence-corrected chi connectivity index (χ2v) is 13.3. The molecule has 2 aliphatic rings. The van der Waals surface area contributed by atoms with Crippen LogP contribution >= 0.6 is 23.4 Å². The molecule has 0 bridgehead atoms. The van der Waals surface area contributed by atoms with Crippen molar-refractivity contribution < 1.29 is 14.6 Å². The fraction of sp³-hybridized carbons (Fsp3) is 0.324. The molecule has 2 heterocycles. The van der Waals surface area contributed by atoms with E-state index in [1.807, 2.05) is 54.2 Å². The van der Waals surface area contributed by atoms with Crippen molar-refractivity contribution in [1.29, 1.82) is 0 Å². The summed E-state index contributed by atoms with van der Waals surface area (Å²) in [5.41, 5.74) is 4.17. The number of halogens is 1. The number of nitrogens with zero attached hydrogens (tertiary/aromatic N) is 1. The van der Waals surface area contributed by atoms with Crippen molar-refractivity contribution in [3.8, 4) is 5.75 Å². The van der Waals surface area contributed by atoms with Crippen LogP contribution in [0.2, 0.25) is 5.02 Å². The molecule has 6 rings (SSSR count). The molecule has 2 aliphatic heterocycles. The topological polar surface area (TPSA) is 61.8 Å². The fourth-order valence-electron chi connectivity index (χ4n) is 6.67. The van der Waals surface area contributed by atoms with E-state index in [-0.39, 0.29) is 11.8 Å². The maximum Gasteiger partial charge on any atom is 0.412 e. The van der Waals surface area contributed by atoms with Gasteiger partial charge in [-0.2, -0.15) is 0 Å². The lowest BCUT2D eigenvalue weighted by Crippen LogP contribution is -2.43. The molecule has 7 heteroatoms. The number of carbonyl (C=O) groups is 1. The average molecular weight is 627 g/mol. The molecular formula is C37H39ClN2O3S. The minimum absolute atomic E-state index is 0.158. The minimum atomic E-state index is -0.807. The van der Waals surface area contributed by atoms with E-state index in [1.54, 1.807) is 12.1 Å². The predicted molar refractivity (Wildman–Crippen MR) is 179 cm³/mol. The van der Waals surface area contributed by atoms with Crippen LogP contribution in [-0.2, 0) is 11.4 Å². The van der Waals surface area contributed by atoms with Crippen LogP contribution in [0.3, 0.4) is 0 Å². The second-order valence-electron chi connectivity index (χ2n) is 11.9. The Morgan fingerprint density at radius 1 is 0.932 bits per heavy atom. The summed E-state index contributed by atoms with van der Waals surface area (Å²) in [5, 5.41) is 15.1. The molecule has 1 amide bonds. The van der Waals surface area contributed by atoms with Crippen molar-refractivity contribution >= 4 is 29.5 Å². The quantitative estimate of drug-likeness (QED) is 0.196. The van der Waals surface area contributed by atoms with Crippen molar-refractivity contribution in [3.05, 3.63) is 130 Å². The van der Waals surface area contributed by atoms with Gasteiger partial charge in [0, 0.05) is 41.2 Å². The summed E-state index contributed by atoms with van der Waals surface area (Å²) >= 11 is 7.97. The Morgan fingerprint density at radius 3 is 2.39 bits per heavy atom. The smallest absolute Gasteiger partial charge is 0.410 e. The number of fused-ring (bicyclic) bond motifs is 2. The van der Waals surface area contributed by atoms with Crippen molar-refractivity contribution in [2.24, 2.45) is 5.92 Å². The Hall–Kier alpha value is -3.29. The van der Waals surface area contributed by atoms with E-state index in [0.717, 1.165) is 43.8 Å². The SMILES string of the molecule is O=C(NCC(CCCN1CCC(O)(c2ccc(Cl)cc2)CC1)C1c2ccccc2CSc2ccccc21)Oc1ccccc1. The molecule has 0 aromatic heterocycles. The number of hydrogen-bond donors (Lipinski definition) is 2. The number of piperidine rings is 1. The monoisotopic (exact) mass is 626 g/mol. The lowest BCUT2D eigenvalue weighted by atomic mass is 9.77. The first kappa shape index (κ1) is 30.7. The standard InChI is InChI=1S/C37H39ClN2O3S/c38-30-18-16-29(17-19-30)37(42)20-23-40(24-21-37)22-8-10-27(25-39-36(41)43-31-11-2-1-3-12-31)35-32-13-5-4-9-28(32)26-44-34-15-7-6-14-33(34)35/h1-7,9,11-19,27,35,42H,8,10,20-26H2,(H,39,41). The minimum Gasteiger partial charge on any atom is -0.410 e. The highest BCUT2D eigenvalue weighted by Crippen LogP contribution is 2.45. The van der Waals surface area contributed by atoms with Crippen LogP contribution in [0.1, 0.15) is 53.9 Å². The number of amides is 1. The molecule has 4 aromatic rings. The van der Waals surface area contributed by atoms with Gasteiger partial charge in [-0.3, -0.25) is 0 Å². The third kappa shape index (κ3) is 7.32. The van der Waals surface area contributed by atoms with Crippen LogP contribution in [0.4, 0.5) is 4.79 Å². The Morgan fingerprint density at radius 2 is 1.61 bits per heavy atom. The van der Waals surface area contributed by atoms with E-state index in [0.29, 0.717) is 30.2 Å². The summed E-state index contributed by atoms with van der Waals surface area (Å²) in [5.74, 6) is 1.80. The van der Waals surface area contributed by atoms with E-state index in [2.05, 4.69) is 58.7 Å². The number of thioether (sulfide) groups is 1. The van der Waals surface area contributed by atoms with Gasteiger partial charge < -0.3 is 20.1 Å². The van der Waals surface area contributed by atoms with Gasteiger partial charge in [0.25, 0.3) is 0 Å². The number of carbonyl (C=O) groups excluding carboxylic acids is 1. The van der Waals surface area contributed by atoms with Gasteiger partial charge in [-0.1, -0.05) is 84.4 Å². The van der Waals surface area contributed by atoms with Gasteiger partial charge in [0.2, 0.25) is 0 Å². The van der Waals surface area contributed by atoms with Gasteiger partial charge in [0.05, 0.1) is 5.60 Å². The fourth-order valence-corrected chi connectivity index (χ4v) is 7.91. The Bertz CT molecular complexity index is 1490. The highest BCUT2D eigenvalue weighted by atomic mass is 35.5. The number of rotatable bonds is 9. The number of ether oxygens (including phenoxy) is 1. The van der Waals surface area contributed by atoms with Gasteiger partial charge >= 0.3 is 6.09 Å². The lowest BCUT2D eigenvalue weighted by molar-refractivity contribution is -0.0262. The summed E-state index contributed by atoms with van der Waals surface area (Å²) < 4.78 is 5.58. The zero-order valence-electron chi connectivity index (χ0n) is 24.8. The maximum atomic E-state index is 12.9. The molecule has 5 nitrogen and oxygen atoms in total. The van der Waals surface area contributed by atoms with Gasteiger partial charge in [-0.05, 0) is 90.7 Å². The summed E-state index contributed by atoms with van der Waals surface area (Å²) in [7, 11) is 0. The molecule has 0 saturated carbocycles. The second kappa shape index (κ2) is 14.2. The molecule has 44 heavy (non-hydrogen) atoms. The third-order valence-corrected chi connectivity index (χ3v) is 10.5. The van der Waals surface area contributed by atoms with Crippen molar-refractivity contribution in [3.63, 3.8) is 0 Å². The summed E-state index contributed by atoms with van der Waals surface area (Å²) in [6, 6.07) is 34.3. The number of benzene rings is 4. The van der Waals surface area contributed by atoms with Gasteiger partial charge in [-0.15, -0.1) is 11.8 Å². The van der Waals surface area contributed by atoms with E-state index in [9.17, 15) is 9.90 Å². The largest absolute Gasteiger partial charge is 0.412 e. The molecule has 1 saturated heterocycles. The van der Waals surface area contributed by atoms with Crippen LogP contribution in [0.25, 0.3) is 0 Å². The Balaban J connectivity index is 1.16. The van der Waals surface area contributed by atoms with Gasteiger partial charge in [-0.25, -0.2) is 4.79 Å². The third-order valence-electron chi connectivity index (χ3n) is 9.08. The molecule has 228 valence electrons. The van der Waals surface area contributed by atoms with E-state index in [4.69, 9.17) is 16.3 Å². The van der Waals surface area contributed by atoms with Gasteiger partial charge in [0.15, 0.2) is 0 Å². The molecule has 1 fully saturated rings. The average Bonchev–Trinajstić information content (AvgIpc) is 3.21. The van der Waals surface area contributed by atoms with E-state index >= 15 is 0 Å². The first-order valence-corrected chi connectivity index (χ1v) is 16.9. The maximum absolute atomic E-state index is 12.9. The molecule has 0 aliphatic carbocycles. The van der Waals surface area contributed by atoms with Crippen LogP contribution in [-0.4, -0.2) is 42.3 Å². The molecular weight excluding hydrogens is 588 g/mol. The van der Waals surface area contributed by atoms with Crippen LogP contribution in [0.15, 0.2) is 108 Å². The summed E-state index contributed by atoms with van der Waals surface area (Å²) in [6.45, 7) is 3.15. The van der Waals surface area contributed by atoms with Crippen molar-refractivity contribution in [2.75, 3.05) is 26.2 Å². The summed E-state index contributed by atoms with van der Waals surface area (Å²) in [6.07, 6.45) is 2.91. The molecule has 2 N–H and O–H groups in total. The van der Waals surface area contributed by atoms with Crippen LogP contribution < -0.4 is 10.1 Å². The molecule has 0 radical (unpaired) electrons.